The fourth-order valence-corrected chi connectivity index (χ4v) is 3.60. The highest BCUT2D eigenvalue weighted by molar-refractivity contribution is 7.09. The number of hydrogen-bond donors (Lipinski definition) is 1. The molecule has 0 spiro atoms. The van der Waals surface area contributed by atoms with E-state index in [9.17, 15) is 0 Å². The fraction of sp³-hybridized carbons (Fsp3) is 0.875. The minimum Gasteiger partial charge on any atom is -0.343 e. The Kier molecular flexibility index (Phi) is 5.60. The fourth-order valence-electron chi connectivity index (χ4n) is 2.64. The van der Waals surface area contributed by atoms with Crippen molar-refractivity contribution >= 4 is 16.7 Å². The van der Waals surface area contributed by atoms with Crippen molar-refractivity contribution in [3.8, 4) is 0 Å². The van der Waals surface area contributed by atoms with Crippen LogP contribution in [-0.4, -0.2) is 35.0 Å². The summed E-state index contributed by atoms with van der Waals surface area (Å²) in [5.74, 6) is 1.68. The molecule has 2 rings (SSSR count). The van der Waals surface area contributed by atoms with Gasteiger partial charge in [0.25, 0.3) is 0 Å². The highest BCUT2D eigenvalue weighted by atomic mass is 32.1. The van der Waals surface area contributed by atoms with Crippen molar-refractivity contribution in [2.45, 2.75) is 65.3 Å². The first-order valence-electron chi connectivity index (χ1n) is 8.19. The minimum atomic E-state index is 0.0376. The van der Waals surface area contributed by atoms with Gasteiger partial charge in [0.15, 0.2) is 0 Å². The van der Waals surface area contributed by atoms with E-state index in [0.29, 0.717) is 12.0 Å². The van der Waals surface area contributed by atoms with E-state index in [4.69, 9.17) is 4.98 Å². The van der Waals surface area contributed by atoms with Crippen LogP contribution in [0.25, 0.3) is 0 Å². The van der Waals surface area contributed by atoms with Gasteiger partial charge in [0.05, 0.1) is 0 Å². The molecule has 120 valence electrons. The summed E-state index contributed by atoms with van der Waals surface area (Å²) in [4.78, 5) is 7.28. The van der Waals surface area contributed by atoms with Crippen molar-refractivity contribution in [3.63, 3.8) is 0 Å². The van der Waals surface area contributed by atoms with Gasteiger partial charge in [-0.05, 0) is 31.7 Å². The molecule has 1 atom stereocenters. The summed E-state index contributed by atoms with van der Waals surface area (Å²) in [6.07, 6.45) is 3.86. The molecule has 1 unspecified atom stereocenters. The normalized spacial score (nSPS) is 20.3. The van der Waals surface area contributed by atoms with Crippen LogP contribution in [-0.2, 0) is 5.41 Å². The predicted molar refractivity (Wildman–Crippen MR) is 91.3 cm³/mol. The second-order valence-electron chi connectivity index (χ2n) is 7.55. The summed E-state index contributed by atoms with van der Waals surface area (Å²) in [5.41, 5.74) is 0.0376. The Morgan fingerprint density at radius 3 is 2.71 bits per heavy atom. The molecule has 0 aromatic carbocycles. The van der Waals surface area contributed by atoms with Crippen molar-refractivity contribution < 1.29 is 0 Å². The van der Waals surface area contributed by atoms with E-state index >= 15 is 0 Å². The molecule has 1 aliphatic rings. The van der Waals surface area contributed by atoms with Crippen LogP contribution in [0.5, 0.6) is 0 Å². The Hall–Kier alpha value is -0.680. The number of rotatable bonds is 5. The van der Waals surface area contributed by atoms with Gasteiger partial charge >= 0.3 is 0 Å². The molecule has 5 heteroatoms. The van der Waals surface area contributed by atoms with E-state index in [1.54, 1.807) is 11.5 Å². The summed E-state index contributed by atoms with van der Waals surface area (Å²) in [6, 6.07) is 0.568. The van der Waals surface area contributed by atoms with E-state index < -0.39 is 0 Å². The van der Waals surface area contributed by atoms with Gasteiger partial charge in [-0.15, -0.1) is 0 Å². The number of anilines is 1. The van der Waals surface area contributed by atoms with Crippen LogP contribution in [0, 0.1) is 5.92 Å². The molecule has 0 bridgehead atoms. The molecule has 1 aromatic heterocycles. The molecule has 0 radical (unpaired) electrons. The quantitative estimate of drug-likeness (QED) is 0.904. The van der Waals surface area contributed by atoms with Crippen LogP contribution in [0.3, 0.4) is 0 Å². The molecule has 1 aliphatic heterocycles. The molecular formula is C16H30N4S. The molecule has 1 N–H and O–H groups in total. The minimum absolute atomic E-state index is 0.0376. The van der Waals surface area contributed by atoms with Crippen molar-refractivity contribution in [1.82, 2.24) is 14.7 Å². The van der Waals surface area contributed by atoms with Crippen LogP contribution < -0.4 is 10.2 Å². The van der Waals surface area contributed by atoms with Crippen LogP contribution in [0.4, 0.5) is 5.13 Å². The number of piperidine rings is 1. The van der Waals surface area contributed by atoms with Gasteiger partial charge in [-0.25, -0.2) is 4.98 Å². The largest absolute Gasteiger partial charge is 0.343 e. The van der Waals surface area contributed by atoms with Crippen LogP contribution in [0.2, 0.25) is 0 Å². The molecule has 4 nitrogen and oxygen atoms in total. The zero-order valence-corrected chi connectivity index (χ0v) is 15.0. The van der Waals surface area contributed by atoms with Gasteiger partial charge in [0.2, 0.25) is 5.13 Å². The van der Waals surface area contributed by atoms with Crippen LogP contribution in [0.15, 0.2) is 0 Å². The lowest BCUT2D eigenvalue weighted by Crippen LogP contribution is -2.46. The Bertz CT molecular complexity index is 436. The number of aromatic nitrogens is 2. The lowest BCUT2D eigenvalue weighted by atomic mass is 9.96. The van der Waals surface area contributed by atoms with E-state index in [0.717, 1.165) is 30.6 Å². The van der Waals surface area contributed by atoms with Crippen molar-refractivity contribution in [2.24, 2.45) is 5.92 Å². The third-order valence-electron chi connectivity index (χ3n) is 3.89. The Morgan fingerprint density at radius 2 is 2.10 bits per heavy atom. The summed E-state index contributed by atoms with van der Waals surface area (Å²) in [5, 5.41) is 4.71. The average Bonchev–Trinajstić information content (AvgIpc) is 2.88. The Morgan fingerprint density at radius 1 is 1.33 bits per heavy atom. The Labute approximate surface area is 133 Å². The van der Waals surface area contributed by atoms with Crippen molar-refractivity contribution in [2.75, 3.05) is 24.5 Å². The van der Waals surface area contributed by atoms with Crippen LogP contribution in [0.1, 0.15) is 59.7 Å². The second-order valence-corrected chi connectivity index (χ2v) is 8.28. The predicted octanol–water partition coefficient (Wildman–Crippen LogP) is 3.44. The summed E-state index contributed by atoms with van der Waals surface area (Å²) < 4.78 is 4.57. The lowest BCUT2D eigenvalue weighted by Gasteiger charge is -2.35. The highest BCUT2D eigenvalue weighted by Gasteiger charge is 2.27. The van der Waals surface area contributed by atoms with Gasteiger partial charge in [0.1, 0.15) is 5.82 Å². The maximum Gasteiger partial charge on any atom is 0.205 e. The molecule has 0 aliphatic carbocycles. The molecular weight excluding hydrogens is 280 g/mol. The average molecular weight is 311 g/mol. The standard InChI is InChI=1S/C16H30N4S/c1-12(2)10-17-11-13-8-6-7-9-20(13)15-18-14(19-21-15)16(3,4)5/h12-13,17H,6-11H2,1-5H3. The zero-order valence-electron chi connectivity index (χ0n) is 14.1. The highest BCUT2D eigenvalue weighted by Crippen LogP contribution is 2.29. The van der Waals surface area contributed by atoms with Gasteiger partial charge < -0.3 is 10.2 Å². The van der Waals surface area contributed by atoms with Crippen molar-refractivity contribution in [3.05, 3.63) is 5.82 Å². The first-order valence-corrected chi connectivity index (χ1v) is 8.97. The molecule has 1 fully saturated rings. The third-order valence-corrected chi connectivity index (χ3v) is 4.64. The SMILES string of the molecule is CC(C)CNCC1CCCCN1c1nc(C(C)(C)C)ns1. The number of hydrogen-bond acceptors (Lipinski definition) is 5. The topological polar surface area (TPSA) is 41.0 Å². The zero-order chi connectivity index (χ0) is 15.5. The van der Waals surface area contributed by atoms with Gasteiger partial charge in [-0.3, -0.25) is 0 Å². The van der Waals surface area contributed by atoms with E-state index in [1.165, 1.54) is 19.3 Å². The molecule has 2 heterocycles. The monoisotopic (exact) mass is 310 g/mol. The number of nitrogens with zero attached hydrogens (tertiary/aromatic N) is 3. The maximum absolute atomic E-state index is 4.80. The molecule has 0 saturated carbocycles. The van der Waals surface area contributed by atoms with Crippen LogP contribution >= 0.6 is 11.5 Å². The van der Waals surface area contributed by atoms with E-state index in [-0.39, 0.29) is 5.41 Å². The first kappa shape index (κ1) is 16.7. The second kappa shape index (κ2) is 7.05. The maximum atomic E-state index is 4.80. The summed E-state index contributed by atoms with van der Waals surface area (Å²) >= 11 is 1.56. The van der Waals surface area contributed by atoms with Crippen molar-refractivity contribution in [1.29, 1.82) is 0 Å². The molecule has 1 aromatic rings. The summed E-state index contributed by atoms with van der Waals surface area (Å²) in [6.45, 7) is 14.3. The summed E-state index contributed by atoms with van der Waals surface area (Å²) in [7, 11) is 0. The molecule has 21 heavy (non-hydrogen) atoms. The van der Waals surface area contributed by atoms with E-state index in [2.05, 4.69) is 49.2 Å². The van der Waals surface area contributed by atoms with Gasteiger partial charge in [-0.2, -0.15) is 4.37 Å². The smallest absolute Gasteiger partial charge is 0.205 e. The lowest BCUT2D eigenvalue weighted by molar-refractivity contribution is 0.422. The number of nitrogens with one attached hydrogen (secondary N) is 1. The Balaban J connectivity index is 2.02. The molecule has 0 amide bonds. The van der Waals surface area contributed by atoms with E-state index in [1.807, 2.05) is 0 Å². The first-order chi connectivity index (χ1) is 9.88. The van der Waals surface area contributed by atoms with Gasteiger partial charge in [-0.1, -0.05) is 34.6 Å². The van der Waals surface area contributed by atoms with Gasteiger partial charge in [0, 0.05) is 36.1 Å². The molecule has 1 saturated heterocycles. The third kappa shape index (κ3) is 4.65.